The van der Waals surface area contributed by atoms with Crippen LogP contribution in [0.1, 0.15) is 0 Å². The maximum Gasteiger partial charge on any atom is 0.269 e. The number of aromatic nitrogens is 2. The van der Waals surface area contributed by atoms with Crippen LogP contribution < -0.4 is 5.56 Å². The molecule has 32 heavy (non-hydrogen) atoms. The van der Waals surface area contributed by atoms with Crippen LogP contribution in [-0.2, 0) is 0 Å². The number of nitro groups is 1. The Morgan fingerprint density at radius 3 is 1.97 bits per heavy atom. The quantitative estimate of drug-likeness (QED) is 0.293. The summed E-state index contributed by atoms with van der Waals surface area (Å²) in [5.74, 6) is 0. The number of hydrogen-bond donors (Lipinski definition) is 1. The van der Waals surface area contributed by atoms with E-state index < -0.39 is 4.92 Å². The Bertz CT molecular complexity index is 1490. The summed E-state index contributed by atoms with van der Waals surface area (Å²) in [6, 6.07) is 27.7. The summed E-state index contributed by atoms with van der Waals surface area (Å²) in [7, 11) is 0. The average Bonchev–Trinajstić information content (AvgIpc) is 2.85. The van der Waals surface area contributed by atoms with Gasteiger partial charge in [0.2, 0.25) is 0 Å². The minimum Gasteiger partial charge on any atom is -0.328 e. The van der Waals surface area contributed by atoms with Crippen LogP contribution in [-0.4, -0.2) is 14.9 Å². The fraction of sp³-hybridized carbons (Fsp3) is 0. The predicted octanol–water partition coefficient (Wildman–Crippen LogP) is 5.83. The van der Waals surface area contributed by atoms with Crippen molar-refractivity contribution in [2.24, 2.45) is 0 Å². The van der Waals surface area contributed by atoms with Gasteiger partial charge in [-0.15, -0.1) is 0 Å². The fourth-order valence-electron chi connectivity index (χ4n) is 3.81. The lowest BCUT2D eigenvalue weighted by atomic mass is 9.96. The number of benzene rings is 3. The molecule has 0 saturated carbocycles. The van der Waals surface area contributed by atoms with Crippen LogP contribution in [0.4, 0.5) is 5.69 Å². The van der Waals surface area contributed by atoms with Gasteiger partial charge in [0.05, 0.1) is 21.5 Å². The van der Waals surface area contributed by atoms with Gasteiger partial charge in [0.1, 0.15) is 0 Å². The van der Waals surface area contributed by atoms with E-state index in [1.165, 1.54) is 12.1 Å². The van der Waals surface area contributed by atoms with Crippen molar-refractivity contribution in [3.63, 3.8) is 0 Å². The van der Waals surface area contributed by atoms with Crippen LogP contribution >= 0.6 is 0 Å². The fourth-order valence-corrected chi connectivity index (χ4v) is 3.81. The van der Waals surface area contributed by atoms with Gasteiger partial charge >= 0.3 is 0 Å². The Kier molecular flexibility index (Phi) is 4.80. The third-order valence-corrected chi connectivity index (χ3v) is 5.39. The van der Waals surface area contributed by atoms with Crippen LogP contribution in [0.2, 0.25) is 0 Å². The lowest BCUT2D eigenvalue weighted by Gasteiger charge is -2.13. The minimum atomic E-state index is -0.438. The highest BCUT2D eigenvalue weighted by atomic mass is 16.6. The van der Waals surface area contributed by atoms with Crippen molar-refractivity contribution in [3.8, 4) is 33.5 Å². The van der Waals surface area contributed by atoms with Gasteiger partial charge in [0.15, 0.2) is 0 Å². The molecule has 0 aliphatic carbocycles. The molecule has 1 N–H and O–H groups in total. The van der Waals surface area contributed by atoms with E-state index in [-0.39, 0.29) is 11.2 Å². The number of nitrogens with one attached hydrogen (secondary N) is 1. The summed E-state index contributed by atoms with van der Waals surface area (Å²) < 4.78 is 0. The largest absolute Gasteiger partial charge is 0.328 e. The monoisotopic (exact) mass is 419 g/mol. The first-order valence-corrected chi connectivity index (χ1v) is 10.0. The van der Waals surface area contributed by atoms with Gasteiger partial charge in [-0.25, -0.2) is 4.98 Å². The molecule has 0 unspecified atom stereocenters. The van der Waals surface area contributed by atoms with Crippen molar-refractivity contribution in [1.29, 1.82) is 0 Å². The molecule has 3 aromatic carbocycles. The number of rotatable bonds is 4. The summed E-state index contributed by atoms with van der Waals surface area (Å²) in [6.45, 7) is 0. The number of hydrogen-bond acceptors (Lipinski definition) is 4. The van der Waals surface area contributed by atoms with Crippen molar-refractivity contribution < 1.29 is 4.92 Å². The molecule has 2 aromatic heterocycles. The maximum absolute atomic E-state index is 12.8. The van der Waals surface area contributed by atoms with E-state index in [9.17, 15) is 14.9 Å². The second-order valence-corrected chi connectivity index (χ2v) is 7.35. The molecule has 6 nitrogen and oxygen atoms in total. The van der Waals surface area contributed by atoms with Crippen LogP contribution in [0.3, 0.4) is 0 Å². The molecule has 0 aliphatic rings. The summed E-state index contributed by atoms with van der Waals surface area (Å²) in [5.41, 5.74) is 5.25. The second-order valence-electron chi connectivity index (χ2n) is 7.35. The molecule has 0 radical (unpaired) electrons. The topological polar surface area (TPSA) is 88.9 Å². The number of non-ortho nitro benzene ring substituents is 1. The first kappa shape index (κ1) is 19.4. The SMILES string of the molecule is O=c1[nH]cc(-c2ccc([N+](=O)[O-])cc2)c2nc(-c3ccccc3)c(-c3ccccc3)cc12. The number of pyridine rings is 2. The van der Waals surface area contributed by atoms with Crippen LogP contribution in [0.25, 0.3) is 44.4 Å². The summed E-state index contributed by atoms with van der Waals surface area (Å²) in [6.07, 6.45) is 1.61. The van der Waals surface area contributed by atoms with E-state index in [1.807, 2.05) is 66.7 Å². The highest BCUT2D eigenvalue weighted by molar-refractivity contribution is 5.98. The van der Waals surface area contributed by atoms with Crippen molar-refractivity contribution >= 4 is 16.6 Å². The highest BCUT2D eigenvalue weighted by Crippen LogP contribution is 2.35. The molecular weight excluding hydrogens is 402 g/mol. The Morgan fingerprint density at radius 2 is 1.34 bits per heavy atom. The van der Waals surface area contributed by atoms with E-state index in [1.54, 1.807) is 18.3 Å². The summed E-state index contributed by atoms with van der Waals surface area (Å²) in [4.78, 5) is 31.1. The Hall–Kier alpha value is -4.58. The first-order chi connectivity index (χ1) is 15.6. The molecule has 0 saturated heterocycles. The number of aromatic amines is 1. The molecule has 6 heteroatoms. The van der Waals surface area contributed by atoms with E-state index in [4.69, 9.17) is 4.98 Å². The lowest BCUT2D eigenvalue weighted by Crippen LogP contribution is -2.08. The molecule has 0 fully saturated rings. The number of H-pyrrole nitrogens is 1. The van der Waals surface area contributed by atoms with E-state index in [2.05, 4.69) is 4.98 Å². The molecule has 0 atom stereocenters. The smallest absolute Gasteiger partial charge is 0.269 e. The van der Waals surface area contributed by atoms with Gasteiger partial charge in [-0.1, -0.05) is 60.7 Å². The first-order valence-electron chi connectivity index (χ1n) is 10.0. The Labute approximate surface area is 183 Å². The zero-order valence-corrected chi connectivity index (χ0v) is 16.9. The number of nitrogens with zero attached hydrogens (tertiary/aromatic N) is 2. The van der Waals surface area contributed by atoms with Crippen LogP contribution in [0.5, 0.6) is 0 Å². The third-order valence-electron chi connectivity index (χ3n) is 5.39. The van der Waals surface area contributed by atoms with Crippen molar-refractivity contribution in [2.45, 2.75) is 0 Å². The van der Waals surface area contributed by atoms with Gasteiger partial charge in [-0.2, -0.15) is 0 Å². The maximum atomic E-state index is 12.8. The predicted molar refractivity (Wildman–Crippen MR) is 125 cm³/mol. The molecule has 5 aromatic rings. The number of nitro benzene ring substituents is 1. The third kappa shape index (κ3) is 3.44. The number of fused-ring (bicyclic) bond motifs is 1. The van der Waals surface area contributed by atoms with E-state index in [0.717, 1.165) is 27.9 Å². The molecule has 0 spiro atoms. The summed E-state index contributed by atoms with van der Waals surface area (Å²) >= 11 is 0. The van der Waals surface area contributed by atoms with Gasteiger partial charge in [0, 0.05) is 35.0 Å². The standard InChI is InChI=1S/C26H17N3O3/c30-26-22-15-21(17-7-3-1-4-8-17)24(19-9-5-2-6-10-19)28-25(22)23(16-27-26)18-11-13-20(14-12-18)29(31)32/h1-16H,(H,27,30). The van der Waals surface area contributed by atoms with Crippen molar-refractivity contribution in [1.82, 2.24) is 9.97 Å². The normalized spacial score (nSPS) is 10.9. The lowest BCUT2D eigenvalue weighted by molar-refractivity contribution is -0.384. The van der Waals surface area contributed by atoms with Crippen LogP contribution in [0, 0.1) is 10.1 Å². The van der Waals surface area contributed by atoms with Crippen LogP contribution in [0.15, 0.2) is 102 Å². The Morgan fingerprint density at radius 1 is 0.750 bits per heavy atom. The van der Waals surface area contributed by atoms with Crippen molar-refractivity contribution in [2.75, 3.05) is 0 Å². The van der Waals surface area contributed by atoms with Gasteiger partial charge < -0.3 is 4.98 Å². The summed E-state index contributed by atoms with van der Waals surface area (Å²) in [5, 5.41) is 11.5. The second kappa shape index (κ2) is 7.92. The molecule has 0 amide bonds. The average molecular weight is 419 g/mol. The molecule has 5 rings (SSSR count). The molecule has 2 heterocycles. The Balaban J connectivity index is 1.81. The minimum absolute atomic E-state index is 0.00628. The molecule has 0 bridgehead atoms. The van der Waals surface area contributed by atoms with Crippen molar-refractivity contribution in [3.05, 3.63) is 118 Å². The highest BCUT2D eigenvalue weighted by Gasteiger charge is 2.16. The van der Waals surface area contributed by atoms with Gasteiger partial charge in [-0.3, -0.25) is 14.9 Å². The van der Waals surface area contributed by atoms with Gasteiger partial charge in [-0.05, 0) is 29.3 Å². The zero-order chi connectivity index (χ0) is 22.1. The van der Waals surface area contributed by atoms with E-state index >= 15 is 0 Å². The van der Waals surface area contributed by atoms with E-state index in [0.29, 0.717) is 16.5 Å². The van der Waals surface area contributed by atoms with Gasteiger partial charge in [0.25, 0.3) is 11.2 Å². The molecule has 0 aliphatic heterocycles. The zero-order valence-electron chi connectivity index (χ0n) is 16.9. The molecular formula is C26H17N3O3. The molecule has 154 valence electrons.